The number of nitrogens with zero attached hydrogens (tertiary/aromatic N) is 1. The number of imide groups is 1. The summed E-state index contributed by atoms with van der Waals surface area (Å²) in [6.45, 7) is 3.19. The Kier molecular flexibility index (Phi) is 9.77. The van der Waals surface area contributed by atoms with Crippen LogP contribution in [0.2, 0.25) is 0 Å². The van der Waals surface area contributed by atoms with E-state index >= 15 is 0 Å². The summed E-state index contributed by atoms with van der Waals surface area (Å²) in [7, 11) is 5.06. The van der Waals surface area contributed by atoms with Crippen LogP contribution < -0.4 is 16.0 Å². The topological polar surface area (TPSA) is 142 Å². The third-order valence-corrected chi connectivity index (χ3v) is 4.17. The number of rotatable bonds is 12. The number of carbonyl (C=O) groups is 6. The number of hydrogen-bond acceptors (Lipinski definition) is 6. The van der Waals surface area contributed by atoms with Crippen molar-refractivity contribution in [1.82, 2.24) is 20.9 Å². The number of unbranched alkanes of at least 4 members (excludes halogenated alkanes) is 1. The van der Waals surface area contributed by atoms with Crippen LogP contribution in [0.25, 0.3) is 0 Å². The van der Waals surface area contributed by atoms with Crippen LogP contribution in [0.5, 0.6) is 0 Å². The highest BCUT2D eigenvalue weighted by Gasteiger charge is 2.22. The largest absolute Gasteiger partial charge is 0.354 e. The molecule has 10 nitrogen and oxygen atoms in total. The summed E-state index contributed by atoms with van der Waals surface area (Å²) in [5.74, 6) is -1.91. The van der Waals surface area contributed by atoms with E-state index in [1.165, 1.54) is 26.0 Å². The van der Waals surface area contributed by atoms with Gasteiger partial charge in [0.05, 0.1) is 11.7 Å². The highest BCUT2D eigenvalue weighted by Crippen LogP contribution is 2.03. The SMILES string of the molecule is [B]C(=O)C(C)NC(=O)C(C)NC(=O)CCCCC(=O)NCCN1C(=O)C=CC1=O. The van der Waals surface area contributed by atoms with E-state index in [2.05, 4.69) is 16.0 Å². The van der Waals surface area contributed by atoms with Crippen molar-refractivity contribution in [2.24, 2.45) is 0 Å². The van der Waals surface area contributed by atoms with Gasteiger partial charge in [0.25, 0.3) is 11.8 Å². The van der Waals surface area contributed by atoms with Gasteiger partial charge in [0.15, 0.2) is 7.85 Å². The molecule has 11 heteroatoms. The van der Waals surface area contributed by atoms with E-state index in [1.807, 2.05) is 0 Å². The molecule has 0 spiro atoms. The quantitative estimate of drug-likeness (QED) is 0.201. The van der Waals surface area contributed by atoms with Crippen LogP contribution in [0.15, 0.2) is 12.2 Å². The lowest BCUT2D eigenvalue weighted by molar-refractivity contribution is -0.137. The molecule has 0 bridgehead atoms. The van der Waals surface area contributed by atoms with Gasteiger partial charge >= 0.3 is 0 Å². The number of nitrogens with one attached hydrogen (secondary N) is 3. The molecule has 0 saturated carbocycles. The summed E-state index contributed by atoms with van der Waals surface area (Å²) in [4.78, 5) is 70.1. The molecule has 1 heterocycles. The Morgan fingerprint density at radius 3 is 2.03 bits per heavy atom. The standard InChI is InChI=1S/C18H25BN4O6/c1-11(17(19)28)22-18(29)12(2)21-14(25)6-4-3-5-13(24)20-9-10-23-15(26)7-8-16(23)27/h7-8,11-12H,3-6,9-10H2,1-2H3,(H,20,24)(H,21,25)(H,22,29). The zero-order chi connectivity index (χ0) is 22.0. The van der Waals surface area contributed by atoms with E-state index in [4.69, 9.17) is 7.85 Å². The second kappa shape index (κ2) is 11.8. The van der Waals surface area contributed by atoms with Crippen molar-refractivity contribution in [3.8, 4) is 0 Å². The van der Waals surface area contributed by atoms with Gasteiger partial charge in [-0.15, -0.1) is 0 Å². The van der Waals surface area contributed by atoms with Gasteiger partial charge in [-0.25, -0.2) is 0 Å². The Labute approximate surface area is 170 Å². The maximum atomic E-state index is 11.8. The molecule has 2 radical (unpaired) electrons. The molecule has 1 rings (SSSR count). The van der Waals surface area contributed by atoms with Gasteiger partial charge in [0.2, 0.25) is 17.7 Å². The Hall–Kier alpha value is -2.98. The van der Waals surface area contributed by atoms with Crippen LogP contribution >= 0.6 is 0 Å². The molecule has 1 aliphatic heterocycles. The van der Waals surface area contributed by atoms with Gasteiger partial charge < -0.3 is 20.7 Å². The maximum absolute atomic E-state index is 11.8. The molecule has 2 unspecified atom stereocenters. The first-order chi connectivity index (χ1) is 13.6. The number of amides is 5. The fourth-order valence-corrected chi connectivity index (χ4v) is 2.41. The van der Waals surface area contributed by atoms with Crippen LogP contribution in [0, 0.1) is 0 Å². The molecule has 2 atom stereocenters. The first-order valence-corrected chi connectivity index (χ1v) is 9.31. The first-order valence-electron chi connectivity index (χ1n) is 9.31. The highest BCUT2D eigenvalue weighted by atomic mass is 16.2. The zero-order valence-corrected chi connectivity index (χ0v) is 16.5. The second-order valence-corrected chi connectivity index (χ2v) is 6.64. The summed E-state index contributed by atoms with van der Waals surface area (Å²) >= 11 is 0. The normalized spacial score (nSPS) is 15.0. The van der Waals surface area contributed by atoms with Crippen molar-refractivity contribution in [2.75, 3.05) is 13.1 Å². The summed E-state index contributed by atoms with van der Waals surface area (Å²) in [6.07, 6.45) is 3.59. The maximum Gasteiger partial charge on any atom is 0.253 e. The lowest BCUT2D eigenvalue weighted by Crippen LogP contribution is -2.49. The summed E-state index contributed by atoms with van der Waals surface area (Å²) in [5, 5.41) is 7.50. The average molecular weight is 404 g/mol. The summed E-state index contributed by atoms with van der Waals surface area (Å²) < 4.78 is 0. The Bertz CT molecular complexity index is 690. The van der Waals surface area contributed by atoms with Crippen molar-refractivity contribution >= 4 is 43.1 Å². The minimum Gasteiger partial charge on any atom is -0.354 e. The molecule has 5 amide bonds. The molecule has 1 aliphatic rings. The lowest BCUT2D eigenvalue weighted by Gasteiger charge is -2.17. The minimum absolute atomic E-state index is 0.104. The molecule has 0 aromatic rings. The van der Waals surface area contributed by atoms with Gasteiger partial charge in [-0.3, -0.25) is 28.9 Å². The highest BCUT2D eigenvalue weighted by molar-refractivity contribution is 6.59. The van der Waals surface area contributed by atoms with Crippen molar-refractivity contribution in [3.05, 3.63) is 12.2 Å². The molecule has 156 valence electrons. The van der Waals surface area contributed by atoms with Gasteiger partial charge in [-0.05, 0) is 26.7 Å². The van der Waals surface area contributed by atoms with Crippen molar-refractivity contribution in [3.63, 3.8) is 0 Å². The van der Waals surface area contributed by atoms with Gasteiger partial charge in [0, 0.05) is 38.1 Å². The smallest absolute Gasteiger partial charge is 0.253 e. The monoisotopic (exact) mass is 404 g/mol. The lowest BCUT2D eigenvalue weighted by atomic mass is 9.96. The van der Waals surface area contributed by atoms with Crippen LogP contribution in [-0.4, -0.2) is 73.1 Å². The van der Waals surface area contributed by atoms with E-state index in [0.717, 1.165) is 4.90 Å². The Morgan fingerprint density at radius 1 is 0.931 bits per heavy atom. The number of hydrogen-bond donors (Lipinski definition) is 3. The predicted molar refractivity (Wildman–Crippen MR) is 103 cm³/mol. The second-order valence-electron chi connectivity index (χ2n) is 6.64. The third-order valence-electron chi connectivity index (χ3n) is 4.17. The molecule has 0 aliphatic carbocycles. The van der Waals surface area contributed by atoms with Crippen LogP contribution in [0.3, 0.4) is 0 Å². The molecule has 0 aromatic heterocycles. The van der Waals surface area contributed by atoms with Crippen LogP contribution in [-0.2, 0) is 28.8 Å². The summed E-state index contributed by atoms with van der Waals surface area (Å²) in [6, 6.07) is -1.66. The molecule has 0 aromatic carbocycles. The van der Waals surface area contributed by atoms with Crippen LogP contribution in [0.1, 0.15) is 39.5 Å². The zero-order valence-electron chi connectivity index (χ0n) is 16.5. The van der Waals surface area contributed by atoms with Gasteiger partial charge in [-0.1, -0.05) is 0 Å². The molecule has 3 N–H and O–H groups in total. The molecular weight excluding hydrogens is 379 g/mol. The van der Waals surface area contributed by atoms with E-state index in [-0.39, 0.29) is 37.7 Å². The Morgan fingerprint density at radius 2 is 1.48 bits per heavy atom. The third kappa shape index (κ3) is 8.71. The van der Waals surface area contributed by atoms with Gasteiger partial charge in [0.1, 0.15) is 6.04 Å². The first kappa shape index (κ1) is 24.1. The number of carbonyl (C=O) groups excluding carboxylic acids is 6. The van der Waals surface area contributed by atoms with E-state index in [9.17, 15) is 28.8 Å². The van der Waals surface area contributed by atoms with E-state index < -0.39 is 35.5 Å². The van der Waals surface area contributed by atoms with Crippen molar-refractivity contribution in [1.29, 1.82) is 0 Å². The predicted octanol–water partition coefficient (Wildman–Crippen LogP) is -1.71. The van der Waals surface area contributed by atoms with E-state index in [0.29, 0.717) is 12.8 Å². The minimum atomic E-state index is -0.835. The molecule has 29 heavy (non-hydrogen) atoms. The molecule has 0 saturated heterocycles. The average Bonchev–Trinajstić information content (AvgIpc) is 2.97. The fraction of sp³-hybridized carbons (Fsp3) is 0.556. The molecule has 0 fully saturated rings. The Balaban J connectivity index is 2.13. The molecular formula is C18H25BN4O6. The fourth-order valence-electron chi connectivity index (χ4n) is 2.41. The summed E-state index contributed by atoms with van der Waals surface area (Å²) in [5.41, 5.74) is -0.676. The van der Waals surface area contributed by atoms with Crippen LogP contribution in [0.4, 0.5) is 0 Å². The van der Waals surface area contributed by atoms with Crippen molar-refractivity contribution < 1.29 is 28.8 Å². The van der Waals surface area contributed by atoms with Crippen molar-refractivity contribution in [2.45, 2.75) is 51.6 Å². The van der Waals surface area contributed by atoms with Gasteiger partial charge in [-0.2, -0.15) is 0 Å². The van der Waals surface area contributed by atoms with E-state index in [1.54, 1.807) is 0 Å².